The van der Waals surface area contributed by atoms with Gasteiger partial charge in [0.2, 0.25) is 11.6 Å². The van der Waals surface area contributed by atoms with Gasteiger partial charge in [-0.2, -0.15) is 8.78 Å². The van der Waals surface area contributed by atoms with Crippen molar-refractivity contribution in [1.29, 1.82) is 0 Å². The largest absolute Gasteiger partial charge is 0.388 e. The van der Waals surface area contributed by atoms with Crippen LogP contribution < -0.4 is 22.5 Å². The van der Waals surface area contributed by atoms with E-state index in [4.69, 9.17) is 9.47 Å². The number of ether oxygens (including phenoxy) is 2. The molecule has 16 heteroatoms. The standard InChI is InChI=1S/2C9H11FN2O5/c2*1-3-5(13)6(14)8(17-3)12-2-4(10)7(15)11-9(12)16/h2*2-3,5-6,8,13-14H,1H3,(H,11,15,16)/t2*3-,5-,6-,8-/m11/s1. The van der Waals surface area contributed by atoms with Crippen molar-refractivity contribution in [3.8, 4) is 0 Å². The lowest BCUT2D eigenvalue weighted by molar-refractivity contribution is -0.0357. The van der Waals surface area contributed by atoms with Crippen LogP contribution in [0.3, 0.4) is 0 Å². The van der Waals surface area contributed by atoms with Crippen molar-refractivity contribution in [2.75, 3.05) is 0 Å². The molecular weight excluding hydrogens is 470 g/mol. The summed E-state index contributed by atoms with van der Waals surface area (Å²) in [6.45, 7) is 3.00. The first-order valence-corrected chi connectivity index (χ1v) is 9.88. The zero-order chi connectivity index (χ0) is 25.5. The molecule has 2 aromatic rings. The van der Waals surface area contributed by atoms with Gasteiger partial charge in [0.15, 0.2) is 12.5 Å². The summed E-state index contributed by atoms with van der Waals surface area (Å²) in [4.78, 5) is 47.9. The second kappa shape index (κ2) is 9.69. The molecule has 188 valence electrons. The number of rotatable bonds is 2. The first-order chi connectivity index (χ1) is 15.8. The van der Waals surface area contributed by atoms with E-state index in [0.717, 1.165) is 0 Å². The molecule has 0 aromatic carbocycles. The first-order valence-electron chi connectivity index (χ1n) is 9.88. The van der Waals surface area contributed by atoms with Gasteiger partial charge in [-0.1, -0.05) is 0 Å². The third kappa shape index (κ3) is 4.77. The molecule has 34 heavy (non-hydrogen) atoms. The Morgan fingerprint density at radius 1 is 0.706 bits per heavy atom. The summed E-state index contributed by atoms with van der Waals surface area (Å²) in [6.07, 6.45) is -7.66. The van der Waals surface area contributed by atoms with Crippen LogP contribution in [0.25, 0.3) is 0 Å². The lowest BCUT2D eigenvalue weighted by Gasteiger charge is -2.16. The van der Waals surface area contributed by atoms with Gasteiger partial charge in [0.25, 0.3) is 11.1 Å². The van der Waals surface area contributed by atoms with E-state index < -0.39 is 83.2 Å². The molecule has 2 aliphatic rings. The topological polar surface area (TPSA) is 209 Å². The number of nitrogens with one attached hydrogen (secondary N) is 2. The number of aliphatic hydroxyl groups is 4. The van der Waals surface area contributed by atoms with Crippen LogP contribution in [0.4, 0.5) is 8.78 Å². The van der Waals surface area contributed by atoms with E-state index in [1.54, 1.807) is 9.97 Å². The summed E-state index contributed by atoms with van der Waals surface area (Å²) in [6, 6.07) is 0. The van der Waals surface area contributed by atoms with Crippen molar-refractivity contribution in [1.82, 2.24) is 19.1 Å². The van der Waals surface area contributed by atoms with Crippen LogP contribution in [0, 0.1) is 11.6 Å². The van der Waals surface area contributed by atoms with Crippen molar-refractivity contribution < 1.29 is 38.7 Å². The van der Waals surface area contributed by atoms with Crippen LogP contribution in [-0.4, -0.2) is 76.2 Å². The van der Waals surface area contributed by atoms with Gasteiger partial charge >= 0.3 is 11.4 Å². The van der Waals surface area contributed by atoms with Crippen molar-refractivity contribution in [3.63, 3.8) is 0 Å². The molecule has 0 unspecified atom stereocenters. The van der Waals surface area contributed by atoms with E-state index in [0.29, 0.717) is 21.5 Å². The number of nitrogens with zero attached hydrogens (tertiary/aromatic N) is 2. The van der Waals surface area contributed by atoms with E-state index in [-0.39, 0.29) is 0 Å². The summed E-state index contributed by atoms with van der Waals surface area (Å²) in [5.74, 6) is -2.34. The quantitative estimate of drug-likeness (QED) is 0.245. The molecule has 0 bridgehead atoms. The Hall–Kier alpha value is -3.02. The molecule has 8 atom stereocenters. The smallest absolute Gasteiger partial charge is 0.330 e. The molecule has 2 aliphatic heterocycles. The zero-order valence-electron chi connectivity index (χ0n) is 17.7. The fourth-order valence-electron chi connectivity index (χ4n) is 3.41. The molecule has 0 aliphatic carbocycles. The Morgan fingerprint density at radius 3 is 1.29 bits per heavy atom. The molecule has 14 nitrogen and oxygen atoms in total. The Labute approximate surface area is 187 Å². The fraction of sp³-hybridized carbons (Fsp3) is 0.556. The zero-order valence-corrected chi connectivity index (χ0v) is 17.7. The Morgan fingerprint density at radius 2 is 1.03 bits per heavy atom. The number of H-pyrrole nitrogens is 2. The van der Waals surface area contributed by atoms with E-state index in [9.17, 15) is 48.4 Å². The fourth-order valence-corrected chi connectivity index (χ4v) is 3.41. The number of aliphatic hydroxyl groups excluding tert-OH is 4. The molecule has 2 saturated heterocycles. The third-order valence-corrected chi connectivity index (χ3v) is 5.35. The summed E-state index contributed by atoms with van der Waals surface area (Å²) in [5, 5.41) is 38.1. The second-order valence-electron chi connectivity index (χ2n) is 7.71. The maximum atomic E-state index is 13.0. The molecule has 2 aromatic heterocycles. The van der Waals surface area contributed by atoms with Gasteiger partial charge in [0.1, 0.15) is 24.4 Å². The summed E-state index contributed by atoms with van der Waals surface area (Å²) in [5.41, 5.74) is -4.12. The summed E-state index contributed by atoms with van der Waals surface area (Å²) >= 11 is 0. The minimum absolute atomic E-state index is 0.639. The molecule has 6 N–H and O–H groups in total. The molecule has 0 amide bonds. The van der Waals surface area contributed by atoms with Crippen LogP contribution in [0.1, 0.15) is 26.3 Å². The SMILES string of the molecule is C[C@H]1O[C@@H](n2cc(F)c(=O)[nH]c2=O)[C@H](O)[C@@H]1O.C[C@H]1O[C@@H](n2cc(F)c(=O)[nH]c2=O)[C@H](O)[C@@H]1O. The van der Waals surface area contributed by atoms with Gasteiger partial charge in [-0.3, -0.25) is 28.7 Å². The highest BCUT2D eigenvalue weighted by Crippen LogP contribution is 2.28. The number of hydrogen-bond donors (Lipinski definition) is 6. The minimum Gasteiger partial charge on any atom is -0.388 e. The average Bonchev–Trinajstić information content (AvgIpc) is 3.18. The van der Waals surface area contributed by atoms with Crippen LogP contribution in [0.2, 0.25) is 0 Å². The second-order valence-corrected chi connectivity index (χ2v) is 7.71. The van der Waals surface area contributed by atoms with E-state index in [1.165, 1.54) is 13.8 Å². The number of aromatic amines is 2. The van der Waals surface area contributed by atoms with Gasteiger partial charge in [-0.25, -0.2) is 9.59 Å². The molecular formula is C18H22F2N4O10. The molecule has 4 rings (SSSR count). The average molecular weight is 492 g/mol. The lowest BCUT2D eigenvalue weighted by atomic mass is 10.1. The van der Waals surface area contributed by atoms with Crippen molar-refractivity contribution in [2.45, 2.75) is 62.9 Å². The Bertz CT molecular complexity index is 1180. The Kier molecular flexibility index (Phi) is 7.29. The van der Waals surface area contributed by atoms with Gasteiger partial charge in [-0.05, 0) is 13.8 Å². The molecule has 0 saturated carbocycles. The maximum Gasteiger partial charge on any atom is 0.330 e. The summed E-state index contributed by atoms with van der Waals surface area (Å²) < 4.78 is 37.7. The van der Waals surface area contributed by atoms with Crippen molar-refractivity contribution >= 4 is 0 Å². The minimum atomic E-state index is -1.37. The van der Waals surface area contributed by atoms with Crippen LogP contribution in [-0.2, 0) is 9.47 Å². The number of hydrogen-bond acceptors (Lipinski definition) is 10. The molecule has 4 heterocycles. The van der Waals surface area contributed by atoms with Gasteiger partial charge in [0.05, 0.1) is 24.6 Å². The number of aromatic nitrogens is 4. The molecule has 0 spiro atoms. The van der Waals surface area contributed by atoms with Gasteiger partial charge in [0, 0.05) is 0 Å². The van der Waals surface area contributed by atoms with Gasteiger partial charge in [-0.15, -0.1) is 0 Å². The predicted octanol–water partition coefficient (Wildman–Crippen LogP) is -3.37. The lowest BCUT2D eigenvalue weighted by Crippen LogP contribution is -2.38. The van der Waals surface area contributed by atoms with Gasteiger partial charge < -0.3 is 29.9 Å². The highest BCUT2D eigenvalue weighted by molar-refractivity contribution is 4.95. The van der Waals surface area contributed by atoms with E-state index in [1.807, 2.05) is 0 Å². The molecule has 0 radical (unpaired) electrons. The highest BCUT2D eigenvalue weighted by Gasteiger charge is 2.42. The van der Waals surface area contributed by atoms with E-state index >= 15 is 0 Å². The van der Waals surface area contributed by atoms with Crippen molar-refractivity contribution in [2.24, 2.45) is 0 Å². The third-order valence-electron chi connectivity index (χ3n) is 5.35. The van der Waals surface area contributed by atoms with E-state index in [2.05, 4.69) is 0 Å². The number of halogens is 2. The predicted molar refractivity (Wildman–Crippen MR) is 106 cm³/mol. The summed E-state index contributed by atoms with van der Waals surface area (Å²) in [7, 11) is 0. The van der Waals surface area contributed by atoms with Crippen LogP contribution >= 0.6 is 0 Å². The normalized spacial score (nSPS) is 32.9. The first kappa shape index (κ1) is 25.6. The monoisotopic (exact) mass is 492 g/mol. The molecule has 2 fully saturated rings. The highest BCUT2D eigenvalue weighted by atomic mass is 19.1. The van der Waals surface area contributed by atoms with Crippen LogP contribution in [0.5, 0.6) is 0 Å². The maximum absolute atomic E-state index is 13.0. The Balaban J connectivity index is 0.000000191. The van der Waals surface area contributed by atoms with Crippen molar-refractivity contribution in [3.05, 3.63) is 65.7 Å². The van der Waals surface area contributed by atoms with Crippen LogP contribution in [0.15, 0.2) is 31.6 Å².